The lowest BCUT2D eigenvalue weighted by Crippen LogP contribution is -2.37. The molecule has 1 amide bonds. The summed E-state index contributed by atoms with van der Waals surface area (Å²) in [6.07, 6.45) is 5.77. The number of aromatic nitrogens is 1. The number of nitrogens with zero attached hydrogens (tertiary/aromatic N) is 1. The van der Waals surface area contributed by atoms with Crippen molar-refractivity contribution in [2.45, 2.75) is 24.5 Å². The second kappa shape index (κ2) is 7.69. The van der Waals surface area contributed by atoms with Gasteiger partial charge in [-0.2, -0.15) is 0 Å². The Morgan fingerprint density at radius 1 is 1.15 bits per heavy atom. The Hall–Kier alpha value is -2.40. The van der Waals surface area contributed by atoms with E-state index in [1.807, 2.05) is 35.2 Å². The molecule has 1 unspecified atom stereocenters. The van der Waals surface area contributed by atoms with E-state index in [1.54, 1.807) is 6.26 Å². The average molecular weight is 381 g/mol. The molecule has 2 aromatic carbocycles. The van der Waals surface area contributed by atoms with Gasteiger partial charge in [0.1, 0.15) is 0 Å². The van der Waals surface area contributed by atoms with E-state index in [-0.39, 0.29) is 5.91 Å². The second-order valence-electron chi connectivity index (χ2n) is 7.27. The highest BCUT2D eigenvalue weighted by atomic mass is 32.2. The van der Waals surface area contributed by atoms with Crippen molar-refractivity contribution in [2.75, 3.05) is 19.3 Å². The molecule has 1 atom stereocenters. The first-order valence-corrected chi connectivity index (χ1v) is 11.1. The maximum atomic E-state index is 12.9. The SMILES string of the molecule is CS(=O)Cc1cccc(C(=O)N2CCC(c3c[nH]c4ccccc34)CC2)c1. The predicted molar refractivity (Wildman–Crippen MR) is 110 cm³/mol. The smallest absolute Gasteiger partial charge is 0.253 e. The number of H-pyrrole nitrogens is 1. The Balaban J connectivity index is 1.44. The van der Waals surface area contributed by atoms with Crippen LogP contribution in [0.3, 0.4) is 0 Å². The first-order valence-electron chi connectivity index (χ1n) is 9.36. The lowest BCUT2D eigenvalue weighted by atomic mass is 9.89. The molecule has 2 heterocycles. The minimum absolute atomic E-state index is 0.0797. The van der Waals surface area contributed by atoms with Gasteiger partial charge >= 0.3 is 0 Å². The molecule has 1 saturated heterocycles. The molecule has 1 fully saturated rings. The standard InChI is InChI=1S/C22H24N2O2S/c1-27(26)15-16-5-4-6-18(13-16)22(25)24-11-9-17(10-12-24)20-14-23-21-8-3-2-7-19(20)21/h2-8,13-14,17,23H,9-12,15H2,1H3. The summed E-state index contributed by atoms with van der Waals surface area (Å²) in [6.45, 7) is 1.54. The molecule has 1 aliphatic heterocycles. The van der Waals surface area contributed by atoms with E-state index >= 15 is 0 Å². The highest BCUT2D eigenvalue weighted by Crippen LogP contribution is 2.33. The second-order valence-corrected chi connectivity index (χ2v) is 8.71. The summed E-state index contributed by atoms with van der Waals surface area (Å²) in [4.78, 5) is 18.2. The molecular weight excluding hydrogens is 356 g/mol. The number of carbonyl (C=O) groups is 1. The quantitative estimate of drug-likeness (QED) is 0.742. The summed E-state index contributed by atoms with van der Waals surface area (Å²) < 4.78 is 11.5. The van der Waals surface area contributed by atoms with E-state index in [1.165, 1.54) is 16.5 Å². The lowest BCUT2D eigenvalue weighted by Gasteiger charge is -2.32. The molecule has 3 aromatic rings. The van der Waals surface area contributed by atoms with E-state index in [0.29, 0.717) is 17.2 Å². The number of aromatic amines is 1. The van der Waals surface area contributed by atoms with Crippen LogP contribution in [0, 0.1) is 0 Å². The van der Waals surface area contributed by atoms with Crippen molar-refractivity contribution >= 4 is 27.6 Å². The maximum Gasteiger partial charge on any atom is 0.253 e. The minimum Gasteiger partial charge on any atom is -0.361 e. The number of hydrogen-bond donors (Lipinski definition) is 1. The van der Waals surface area contributed by atoms with Crippen molar-refractivity contribution in [3.8, 4) is 0 Å². The molecular formula is C22H24N2O2S. The Kier molecular flexibility index (Phi) is 5.12. The highest BCUT2D eigenvalue weighted by Gasteiger charge is 2.26. The number of rotatable bonds is 4. The van der Waals surface area contributed by atoms with Crippen molar-refractivity contribution < 1.29 is 9.00 Å². The number of hydrogen-bond acceptors (Lipinski definition) is 2. The van der Waals surface area contributed by atoms with Crippen molar-refractivity contribution in [1.29, 1.82) is 0 Å². The number of benzene rings is 2. The van der Waals surface area contributed by atoms with Crippen LogP contribution in [0.25, 0.3) is 10.9 Å². The fourth-order valence-corrected chi connectivity index (χ4v) is 4.69. The van der Waals surface area contributed by atoms with E-state index in [2.05, 4.69) is 29.4 Å². The van der Waals surface area contributed by atoms with Crippen molar-refractivity contribution in [2.24, 2.45) is 0 Å². The largest absolute Gasteiger partial charge is 0.361 e. The lowest BCUT2D eigenvalue weighted by molar-refractivity contribution is 0.0713. The third-order valence-electron chi connectivity index (χ3n) is 5.39. The van der Waals surface area contributed by atoms with Gasteiger partial charge in [-0.1, -0.05) is 30.3 Å². The Bertz CT molecular complexity index is 987. The van der Waals surface area contributed by atoms with Gasteiger partial charge in [-0.25, -0.2) is 0 Å². The van der Waals surface area contributed by atoms with Crippen LogP contribution in [0.4, 0.5) is 0 Å². The van der Waals surface area contributed by atoms with Crippen LogP contribution in [0.5, 0.6) is 0 Å². The molecule has 1 aromatic heterocycles. The van der Waals surface area contributed by atoms with Gasteiger partial charge in [-0.05, 0) is 48.1 Å². The van der Waals surface area contributed by atoms with Gasteiger partial charge in [-0.15, -0.1) is 0 Å². The summed E-state index contributed by atoms with van der Waals surface area (Å²) in [5.41, 5.74) is 4.19. The fraction of sp³-hybridized carbons (Fsp3) is 0.318. The van der Waals surface area contributed by atoms with Crippen LogP contribution >= 0.6 is 0 Å². The monoisotopic (exact) mass is 380 g/mol. The molecule has 4 nitrogen and oxygen atoms in total. The summed E-state index contributed by atoms with van der Waals surface area (Å²) in [6, 6.07) is 16.0. The summed E-state index contributed by atoms with van der Waals surface area (Å²) in [5, 5.41) is 1.29. The van der Waals surface area contributed by atoms with Gasteiger partial charge < -0.3 is 9.88 Å². The number of amides is 1. The van der Waals surface area contributed by atoms with Crippen molar-refractivity contribution in [3.05, 3.63) is 71.4 Å². The number of fused-ring (bicyclic) bond motifs is 1. The molecule has 1 N–H and O–H groups in total. The van der Waals surface area contributed by atoms with E-state index in [9.17, 15) is 9.00 Å². The topological polar surface area (TPSA) is 53.2 Å². The van der Waals surface area contributed by atoms with E-state index in [4.69, 9.17) is 0 Å². The predicted octanol–water partition coefficient (Wildman–Crippen LogP) is 4.07. The van der Waals surface area contributed by atoms with Crippen molar-refractivity contribution in [3.63, 3.8) is 0 Å². The van der Waals surface area contributed by atoms with Gasteiger partial charge in [0.2, 0.25) is 0 Å². The molecule has 140 valence electrons. The van der Waals surface area contributed by atoms with Gasteiger partial charge in [0, 0.05) is 58.6 Å². The molecule has 27 heavy (non-hydrogen) atoms. The zero-order valence-electron chi connectivity index (χ0n) is 15.5. The van der Waals surface area contributed by atoms with E-state index < -0.39 is 10.8 Å². The zero-order chi connectivity index (χ0) is 18.8. The molecule has 0 spiro atoms. The normalized spacial score (nSPS) is 16.6. The molecule has 1 aliphatic rings. The third-order valence-corrected chi connectivity index (χ3v) is 6.13. The Labute approximate surface area is 162 Å². The first-order chi connectivity index (χ1) is 13.1. The number of para-hydroxylation sites is 1. The summed E-state index contributed by atoms with van der Waals surface area (Å²) in [5.74, 6) is 1.05. The Morgan fingerprint density at radius 2 is 1.93 bits per heavy atom. The van der Waals surface area contributed by atoms with Crippen LogP contribution in [-0.2, 0) is 16.6 Å². The van der Waals surface area contributed by atoms with Crippen LogP contribution in [0.15, 0.2) is 54.7 Å². The number of likely N-dealkylation sites (tertiary alicyclic amines) is 1. The number of nitrogens with one attached hydrogen (secondary N) is 1. The van der Waals surface area contributed by atoms with Crippen molar-refractivity contribution in [1.82, 2.24) is 9.88 Å². The molecule has 5 heteroatoms. The van der Waals surface area contributed by atoms with Gasteiger partial charge in [0.05, 0.1) is 0 Å². The molecule has 0 radical (unpaired) electrons. The molecule has 0 bridgehead atoms. The number of piperidine rings is 1. The maximum absolute atomic E-state index is 12.9. The fourth-order valence-electron chi connectivity index (χ4n) is 4.04. The van der Waals surface area contributed by atoms with Crippen LogP contribution in [0.1, 0.15) is 40.2 Å². The molecule has 4 rings (SSSR count). The highest BCUT2D eigenvalue weighted by molar-refractivity contribution is 7.83. The van der Waals surface area contributed by atoms with Crippen LogP contribution < -0.4 is 0 Å². The molecule has 0 aliphatic carbocycles. The van der Waals surface area contributed by atoms with Crippen LogP contribution in [-0.4, -0.2) is 39.3 Å². The Morgan fingerprint density at radius 3 is 2.70 bits per heavy atom. The van der Waals surface area contributed by atoms with Gasteiger partial charge in [0.15, 0.2) is 0 Å². The third kappa shape index (κ3) is 3.83. The average Bonchev–Trinajstić information content (AvgIpc) is 3.11. The summed E-state index contributed by atoms with van der Waals surface area (Å²) in [7, 11) is -0.904. The number of carbonyl (C=O) groups excluding carboxylic acids is 1. The zero-order valence-corrected chi connectivity index (χ0v) is 16.3. The van der Waals surface area contributed by atoms with E-state index in [0.717, 1.165) is 31.5 Å². The minimum atomic E-state index is -0.904. The van der Waals surface area contributed by atoms with Gasteiger partial charge in [0.25, 0.3) is 5.91 Å². The van der Waals surface area contributed by atoms with Crippen LogP contribution in [0.2, 0.25) is 0 Å². The van der Waals surface area contributed by atoms with Gasteiger partial charge in [-0.3, -0.25) is 9.00 Å². The first kappa shape index (κ1) is 18.0. The summed E-state index contributed by atoms with van der Waals surface area (Å²) >= 11 is 0. The molecule has 0 saturated carbocycles.